The van der Waals surface area contributed by atoms with Gasteiger partial charge >= 0.3 is 11.5 Å². The molecular formula is C15H17F3N6O7S2. The second kappa shape index (κ2) is 9.84. The van der Waals surface area contributed by atoms with Crippen LogP contribution in [0.2, 0.25) is 0 Å². The molecule has 0 spiro atoms. The number of thioether (sulfide) groups is 2. The van der Waals surface area contributed by atoms with Gasteiger partial charge in [0.15, 0.2) is 6.23 Å². The van der Waals surface area contributed by atoms with E-state index in [-0.39, 0.29) is 31.1 Å². The van der Waals surface area contributed by atoms with Crippen LogP contribution >= 0.6 is 23.5 Å². The third-order valence-electron chi connectivity index (χ3n) is 4.51. The number of aromatic nitrogens is 4. The molecule has 2 aliphatic heterocycles. The number of hydrogen-bond acceptors (Lipinski definition) is 11. The number of tetrazole rings is 1. The van der Waals surface area contributed by atoms with Crippen LogP contribution < -0.4 is 5.32 Å². The molecule has 0 unspecified atom stereocenters. The summed E-state index contributed by atoms with van der Waals surface area (Å²) in [6.45, 7) is -0.379. The highest BCUT2D eigenvalue weighted by Crippen LogP contribution is 2.41. The zero-order chi connectivity index (χ0) is 24.4. The van der Waals surface area contributed by atoms with E-state index in [1.54, 1.807) is 0 Å². The molecule has 2 aliphatic rings. The first-order valence-electron chi connectivity index (χ1n) is 9.01. The molecule has 3 N–H and O–H groups in total. The van der Waals surface area contributed by atoms with Gasteiger partial charge in [-0.15, -0.1) is 5.10 Å². The minimum Gasteiger partial charge on any atom is -0.477 e. The third-order valence-corrected chi connectivity index (χ3v) is 6.29. The Labute approximate surface area is 191 Å². The number of carboxylic acids is 1. The molecule has 182 valence electrons. The van der Waals surface area contributed by atoms with E-state index in [9.17, 15) is 32.7 Å². The van der Waals surface area contributed by atoms with Crippen molar-refractivity contribution in [2.45, 2.75) is 29.2 Å². The maximum Gasteiger partial charge on any atom is 0.442 e. The van der Waals surface area contributed by atoms with Gasteiger partial charge in [0.05, 0.1) is 25.5 Å². The molecule has 0 saturated carbocycles. The Kier molecular flexibility index (Phi) is 7.52. The van der Waals surface area contributed by atoms with Gasteiger partial charge in [0, 0.05) is 12.9 Å². The maximum absolute atomic E-state index is 12.8. The average molecular weight is 514 g/mol. The molecule has 3 rings (SSSR count). The number of nitrogens with zero attached hydrogens (tertiary/aromatic N) is 5. The van der Waals surface area contributed by atoms with Gasteiger partial charge in [0.25, 0.3) is 11.6 Å². The van der Waals surface area contributed by atoms with Crippen molar-refractivity contribution in [2.75, 3.05) is 31.8 Å². The van der Waals surface area contributed by atoms with Crippen molar-refractivity contribution in [2.24, 2.45) is 0 Å². The molecule has 1 saturated heterocycles. The number of fused-ring (bicyclic) bond motifs is 1. The highest BCUT2D eigenvalue weighted by atomic mass is 32.2. The van der Waals surface area contributed by atoms with Crippen molar-refractivity contribution in [3.8, 4) is 0 Å². The fourth-order valence-corrected chi connectivity index (χ4v) is 4.39. The predicted octanol–water partition coefficient (Wildman–Crippen LogP) is -0.993. The lowest BCUT2D eigenvalue weighted by molar-refractivity contribution is -0.257. The SMILES string of the molecule is CO[C@]1(NC(=O)CSC(F)(F)F)C(=O)N2C(C(=O)O)=C(CSc3nnnn3CCO)CO[C@@H]21. The second-order valence-electron chi connectivity index (χ2n) is 6.52. The van der Waals surface area contributed by atoms with Gasteiger partial charge in [0.1, 0.15) is 5.70 Å². The van der Waals surface area contributed by atoms with Crippen molar-refractivity contribution in [3.05, 3.63) is 11.3 Å². The molecule has 1 fully saturated rings. The summed E-state index contributed by atoms with van der Waals surface area (Å²) in [5.74, 6) is -4.62. The van der Waals surface area contributed by atoms with Crippen molar-refractivity contribution in [1.82, 2.24) is 30.4 Å². The number of carbonyl (C=O) groups is 3. The van der Waals surface area contributed by atoms with E-state index in [0.29, 0.717) is 5.16 Å². The monoisotopic (exact) mass is 514 g/mol. The van der Waals surface area contributed by atoms with Crippen LogP contribution in [-0.4, -0.2) is 102 Å². The summed E-state index contributed by atoms with van der Waals surface area (Å²) in [4.78, 5) is 37.5. The highest BCUT2D eigenvalue weighted by Gasteiger charge is 2.67. The molecule has 3 heterocycles. The van der Waals surface area contributed by atoms with E-state index in [1.165, 1.54) is 4.68 Å². The van der Waals surface area contributed by atoms with E-state index in [1.807, 2.05) is 0 Å². The number of carbonyl (C=O) groups excluding carboxylic acids is 2. The van der Waals surface area contributed by atoms with Gasteiger partial charge < -0.3 is 25.0 Å². The lowest BCUT2D eigenvalue weighted by Gasteiger charge is -2.55. The molecule has 1 aromatic rings. The molecule has 1 aromatic heterocycles. The Morgan fingerprint density at radius 3 is 2.76 bits per heavy atom. The molecule has 2 amide bonds. The summed E-state index contributed by atoms with van der Waals surface area (Å²) in [5.41, 5.74) is -7.03. The Morgan fingerprint density at radius 2 is 2.15 bits per heavy atom. The Morgan fingerprint density at radius 1 is 1.42 bits per heavy atom. The van der Waals surface area contributed by atoms with E-state index in [0.717, 1.165) is 23.8 Å². The quantitative estimate of drug-likeness (QED) is 0.198. The summed E-state index contributed by atoms with van der Waals surface area (Å²) < 4.78 is 49.0. The number of halogens is 3. The number of aliphatic hydroxyl groups is 1. The van der Waals surface area contributed by atoms with Gasteiger partial charge in [0.2, 0.25) is 11.1 Å². The Hall–Kier alpha value is -2.41. The molecule has 0 radical (unpaired) electrons. The van der Waals surface area contributed by atoms with Crippen LogP contribution in [0.15, 0.2) is 16.4 Å². The van der Waals surface area contributed by atoms with E-state index in [2.05, 4.69) is 20.8 Å². The van der Waals surface area contributed by atoms with Gasteiger partial charge in [-0.05, 0) is 27.8 Å². The van der Waals surface area contributed by atoms with Gasteiger partial charge in [-0.3, -0.25) is 14.5 Å². The fraction of sp³-hybridized carbons (Fsp3) is 0.600. The van der Waals surface area contributed by atoms with Gasteiger partial charge in [-0.25, -0.2) is 9.48 Å². The first kappa shape index (κ1) is 25.2. The molecule has 18 heteroatoms. The molecule has 2 atom stereocenters. The summed E-state index contributed by atoms with van der Waals surface area (Å²) in [6, 6.07) is 0. The minimum absolute atomic E-state index is 0.0124. The number of rotatable bonds is 10. The normalized spacial score (nSPS) is 22.8. The van der Waals surface area contributed by atoms with Crippen LogP contribution in [0.5, 0.6) is 0 Å². The van der Waals surface area contributed by atoms with Crippen LogP contribution in [-0.2, 0) is 30.4 Å². The highest BCUT2D eigenvalue weighted by molar-refractivity contribution is 8.00. The number of alkyl halides is 3. The smallest absolute Gasteiger partial charge is 0.442 e. The van der Waals surface area contributed by atoms with Gasteiger partial charge in [-0.1, -0.05) is 11.8 Å². The van der Waals surface area contributed by atoms with Crippen LogP contribution in [0.25, 0.3) is 0 Å². The van der Waals surface area contributed by atoms with Crippen LogP contribution in [0, 0.1) is 0 Å². The minimum atomic E-state index is -4.66. The van der Waals surface area contributed by atoms with Crippen molar-refractivity contribution in [3.63, 3.8) is 0 Å². The van der Waals surface area contributed by atoms with Gasteiger partial charge in [-0.2, -0.15) is 13.2 Å². The fourth-order valence-electron chi connectivity index (χ4n) is 3.13. The Bertz CT molecular complexity index is 974. The van der Waals surface area contributed by atoms with Crippen molar-refractivity contribution in [1.29, 1.82) is 0 Å². The number of carboxylic acid groups (broad SMARTS) is 1. The number of aliphatic carboxylic acids is 1. The first-order valence-corrected chi connectivity index (χ1v) is 11.0. The van der Waals surface area contributed by atoms with Crippen LogP contribution in [0.1, 0.15) is 0 Å². The zero-order valence-corrected chi connectivity index (χ0v) is 18.4. The lowest BCUT2D eigenvalue weighted by atomic mass is 9.94. The number of amides is 2. The maximum atomic E-state index is 12.8. The lowest BCUT2D eigenvalue weighted by Crippen LogP contribution is -2.82. The van der Waals surface area contributed by atoms with E-state index in [4.69, 9.17) is 14.6 Å². The molecule has 0 bridgehead atoms. The number of ether oxygens (including phenoxy) is 2. The van der Waals surface area contributed by atoms with E-state index < -0.39 is 58.5 Å². The summed E-state index contributed by atoms with van der Waals surface area (Å²) in [6.07, 6.45) is -1.39. The standard InChI is InChI=1S/C15H17F3N6O7S2/c1-30-14(19-8(26)6-33-15(16,17)18)11(29)24-9(10(27)28)7(4-31-12(14)24)5-32-13-20-21-22-23(13)2-3-25/h12,25H,2-6H2,1H3,(H,19,26)(H,27,28)/t12-,14-/m1/s1. The second-order valence-corrected chi connectivity index (χ2v) is 8.50. The van der Waals surface area contributed by atoms with Crippen LogP contribution in [0.3, 0.4) is 0 Å². The third kappa shape index (κ3) is 5.08. The summed E-state index contributed by atoms with van der Waals surface area (Å²) in [7, 11) is 1.03. The predicted molar refractivity (Wildman–Crippen MR) is 103 cm³/mol. The van der Waals surface area contributed by atoms with Crippen molar-refractivity contribution < 1.29 is 47.2 Å². The van der Waals surface area contributed by atoms with Crippen molar-refractivity contribution >= 4 is 41.3 Å². The molecular weight excluding hydrogens is 497 g/mol. The largest absolute Gasteiger partial charge is 0.477 e. The molecule has 0 aliphatic carbocycles. The first-order chi connectivity index (χ1) is 15.5. The topological polar surface area (TPSA) is 169 Å². The molecule has 0 aromatic carbocycles. The number of methoxy groups -OCH3 is 1. The molecule has 13 nitrogen and oxygen atoms in total. The number of hydrogen-bond donors (Lipinski definition) is 3. The number of β-lactam (4-membered cyclic amide) rings is 1. The molecule has 33 heavy (non-hydrogen) atoms. The summed E-state index contributed by atoms with van der Waals surface area (Å²) >= 11 is 0.442. The zero-order valence-electron chi connectivity index (χ0n) is 16.7. The average Bonchev–Trinajstić information content (AvgIpc) is 3.20. The Balaban J connectivity index is 1.76. The number of nitrogens with one attached hydrogen (secondary N) is 1. The summed E-state index contributed by atoms with van der Waals surface area (Å²) in [5, 5.41) is 32.0. The number of aliphatic hydroxyl groups excluding tert-OH is 1. The van der Waals surface area contributed by atoms with Crippen LogP contribution in [0.4, 0.5) is 13.2 Å². The van der Waals surface area contributed by atoms with E-state index >= 15 is 0 Å².